The smallest absolute Gasteiger partial charge is 0.419 e. The van der Waals surface area contributed by atoms with Gasteiger partial charge in [-0.2, -0.15) is 22.0 Å². The first kappa shape index (κ1) is 20.4. The molecular weight excluding hydrogens is 378 g/mol. The number of alkyl halides is 5. The lowest BCUT2D eigenvalue weighted by Crippen LogP contribution is -2.31. The van der Waals surface area contributed by atoms with Crippen LogP contribution in [0.1, 0.15) is 11.1 Å². The van der Waals surface area contributed by atoms with E-state index in [1.54, 1.807) is 0 Å². The van der Waals surface area contributed by atoms with Gasteiger partial charge in [0, 0.05) is 19.3 Å². The Kier molecular flexibility index (Phi) is 6.19. The number of urea groups is 1. The third-order valence-electron chi connectivity index (χ3n) is 3.44. The topological polar surface area (TPSA) is 41.6 Å². The Morgan fingerprint density at radius 3 is 2.33 bits per heavy atom. The Balaban J connectivity index is 2.01. The minimum Gasteiger partial charge on any atom is -0.435 e. The molecule has 1 N–H and O–H groups in total. The van der Waals surface area contributed by atoms with Gasteiger partial charge in [-0.15, -0.1) is 0 Å². The lowest BCUT2D eigenvalue weighted by Gasteiger charge is -2.19. The van der Waals surface area contributed by atoms with Crippen LogP contribution >= 0.6 is 0 Å². The number of hydrogen-bond donors (Lipinski definition) is 1. The standard InChI is InChI=1S/C17H14F6N2O2/c1-25(9-10-2-5-12(6-3-10)27-15(19)20)16(26)24-11-4-7-14(18)13(8-11)17(21,22)23/h2-8,15H,9H2,1H3,(H,24,26). The molecule has 0 aliphatic carbocycles. The van der Waals surface area contributed by atoms with Gasteiger partial charge in [0.05, 0.1) is 5.56 Å². The molecule has 0 heterocycles. The second kappa shape index (κ2) is 8.19. The number of anilines is 1. The molecule has 0 fully saturated rings. The summed E-state index contributed by atoms with van der Waals surface area (Å²) in [6, 6.07) is 6.89. The van der Waals surface area contributed by atoms with Gasteiger partial charge in [0.25, 0.3) is 0 Å². The van der Waals surface area contributed by atoms with Gasteiger partial charge in [-0.25, -0.2) is 9.18 Å². The number of amides is 2. The predicted molar refractivity (Wildman–Crippen MR) is 85.0 cm³/mol. The summed E-state index contributed by atoms with van der Waals surface area (Å²) >= 11 is 0. The molecule has 2 rings (SSSR count). The SMILES string of the molecule is CN(Cc1ccc(OC(F)F)cc1)C(=O)Nc1ccc(F)c(C(F)(F)F)c1. The zero-order chi connectivity index (χ0) is 20.2. The quantitative estimate of drug-likeness (QED) is 0.719. The van der Waals surface area contributed by atoms with Crippen LogP contribution in [0.3, 0.4) is 0 Å². The summed E-state index contributed by atoms with van der Waals surface area (Å²) in [5, 5.41) is 2.24. The third kappa shape index (κ3) is 5.80. The normalized spacial score (nSPS) is 11.4. The molecule has 0 saturated carbocycles. The molecule has 0 radical (unpaired) electrons. The number of hydrogen-bond acceptors (Lipinski definition) is 2. The molecule has 0 aromatic heterocycles. The second-order valence-electron chi connectivity index (χ2n) is 5.50. The maximum Gasteiger partial charge on any atom is 0.419 e. The van der Waals surface area contributed by atoms with Crippen LogP contribution in [0.5, 0.6) is 5.75 Å². The largest absolute Gasteiger partial charge is 0.435 e. The van der Waals surface area contributed by atoms with E-state index < -0.39 is 30.2 Å². The van der Waals surface area contributed by atoms with E-state index in [4.69, 9.17) is 0 Å². The highest BCUT2D eigenvalue weighted by Gasteiger charge is 2.34. The van der Waals surface area contributed by atoms with Crippen LogP contribution in [0.25, 0.3) is 0 Å². The molecule has 0 aliphatic heterocycles. The number of rotatable bonds is 5. The molecule has 0 bridgehead atoms. The van der Waals surface area contributed by atoms with E-state index in [2.05, 4.69) is 10.1 Å². The summed E-state index contributed by atoms with van der Waals surface area (Å²) in [5.41, 5.74) is -1.14. The Bertz CT molecular complexity index is 793. The summed E-state index contributed by atoms with van der Waals surface area (Å²) in [6.45, 7) is -2.91. The lowest BCUT2D eigenvalue weighted by atomic mass is 10.2. The van der Waals surface area contributed by atoms with Crippen LogP contribution in [-0.2, 0) is 12.7 Å². The molecule has 2 amide bonds. The van der Waals surface area contributed by atoms with Crippen LogP contribution in [0.15, 0.2) is 42.5 Å². The molecule has 4 nitrogen and oxygen atoms in total. The van der Waals surface area contributed by atoms with Crippen molar-refractivity contribution in [3.05, 3.63) is 59.4 Å². The maximum atomic E-state index is 13.3. The number of ether oxygens (including phenoxy) is 1. The average Bonchev–Trinajstić information content (AvgIpc) is 2.56. The Morgan fingerprint density at radius 1 is 1.15 bits per heavy atom. The summed E-state index contributed by atoms with van der Waals surface area (Å²) in [5.74, 6) is -1.49. The number of nitrogens with one attached hydrogen (secondary N) is 1. The second-order valence-corrected chi connectivity index (χ2v) is 5.50. The third-order valence-corrected chi connectivity index (χ3v) is 3.44. The number of halogens is 6. The molecule has 146 valence electrons. The first-order valence-electron chi connectivity index (χ1n) is 7.49. The van der Waals surface area contributed by atoms with Crippen LogP contribution in [0.2, 0.25) is 0 Å². The zero-order valence-corrected chi connectivity index (χ0v) is 13.9. The van der Waals surface area contributed by atoms with Gasteiger partial charge in [-0.1, -0.05) is 12.1 Å². The molecule has 0 unspecified atom stereocenters. The Hall–Kier alpha value is -2.91. The molecule has 0 aliphatic rings. The Labute approximate surface area is 150 Å². The highest BCUT2D eigenvalue weighted by molar-refractivity contribution is 5.89. The van der Waals surface area contributed by atoms with Gasteiger partial charge >= 0.3 is 18.8 Å². The van der Waals surface area contributed by atoms with Crippen molar-refractivity contribution in [3.8, 4) is 5.75 Å². The number of carbonyl (C=O) groups excluding carboxylic acids is 1. The highest BCUT2D eigenvalue weighted by atomic mass is 19.4. The summed E-state index contributed by atoms with van der Waals surface area (Å²) in [7, 11) is 1.38. The van der Waals surface area contributed by atoms with E-state index in [1.807, 2.05) is 0 Å². The van der Waals surface area contributed by atoms with Crippen molar-refractivity contribution in [2.24, 2.45) is 0 Å². The maximum absolute atomic E-state index is 13.3. The molecule has 2 aromatic rings. The van der Waals surface area contributed by atoms with Crippen molar-refractivity contribution >= 4 is 11.7 Å². The van der Waals surface area contributed by atoms with Gasteiger partial charge in [0.2, 0.25) is 0 Å². The van der Waals surface area contributed by atoms with Gasteiger partial charge < -0.3 is 15.0 Å². The van der Waals surface area contributed by atoms with Crippen molar-refractivity contribution in [2.75, 3.05) is 12.4 Å². The predicted octanol–water partition coefficient (Wildman–Crippen LogP) is 5.11. The van der Waals surface area contributed by atoms with Gasteiger partial charge in [0.15, 0.2) is 0 Å². The molecule has 0 atom stereocenters. The van der Waals surface area contributed by atoms with E-state index >= 15 is 0 Å². The van der Waals surface area contributed by atoms with Crippen molar-refractivity contribution in [1.29, 1.82) is 0 Å². The van der Waals surface area contributed by atoms with E-state index in [0.29, 0.717) is 17.7 Å². The van der Waals surface area contributed by atoms with E-state index in [1.165, 1.54) is 31.3 Å². The van der Waals surface area contributed by atoms with E-state index in [-0.39, 0.29) is 18.0 Å². The lowest BCUT2D eigenvalue weighted by molar-refractivity contribution is -0.139. The molecule has 0 spiro atoms. The minimum atomic E-state index is -4.89. The van der Waals surface area contributed by atoms with E-state index in [9.17, 15) is 31.1 Å². The van der Waals surface area contributed by atoms with Crippen LogP contribution in [0, 0.1) is 5.82 Å². The first-order valence-corrected chi connectivity index (χ1v) is 7.49. The number of nitrogens with zero attached hydrogens (tertiary/aromatic N) is 1. The van der Waals surface area contributed by atoms with Crippen LogP contribution in [-0.4, -0.2) is 24.6 Å². The molecular formula is C17H14F6N2O2. The fraction of sp³-hybridized carbons (Fsp3) is 0.235. The molecule has 10 heteroatoms. The molecule has 0 saturated heterocycles. The number of carbonyl (C=O) groups is 1. The van der Waals surface area contributed by atoms with Crippen LogP contribution in [0.4, 0.5) is 36.8 Å². The minimum absolute atomic E-state index is 0.0492. The van der Waals surface area contributed by atoms with Crippen molar-refractivity contribution in [2.45, 2.75) is 19.3 Å². The summed E-state index contributed by atoms with van der Waals surface area (Å²) < 4.78 is 79.8. The van der Waals surface area contributed by atoms with Crippen molar-refractivity contribution in [1.82, 2.24) is 4.90 Å². The van der Waals surface area contributed by atoms with Gasteiger partial charge in [-0.3, -0.25) is 0 Å². The van der Waals surface area contributed by atoms with E-state index in [0.717, 1.165) is 11.0 Å². The zero-order valence-electron chi connectivity index (χ0n) is 13.9. The summed E-state index contributed by atoms with van der Waals surface area (Å²) in [6.07, 6.45) is -4.89. The van der Waals surface area contributed by atoms with Gasteiger partial charge in [0.1, 0.15) is 11.6 Å². The van der Waals surface area contributed by atoms with Crippen LogP contribution < -0.4 is 10.1 Å². The average molecular weight is 392 g/mol. The molecule has 27 heavy (non-hydrogen) atoms. The molecule has 2 aromatic carbocycles. The first-order chi connectivity index (χ1) is 12.6. The monoisotopic (exact) mass is 392 g/mol. The summed E-state index contributed by atoms with van der Waals surface area (Å²) in [4.78, 5) is 13.2. The van der Waals surface area contributed by atoms with Crippen molar-refractivity contribution in [3.63, 3.8) is 0 Å². The van der Waals surface area contributed by atoms with Crippen molar-refractivity contribution < 1.29 is 35.9 Å². The fourth-order valence-electron chi connectivity index (χ4n) is 2.16. The number of benzene rings is 2. The Morgan fingerprint density at radius 2 is 1.78 bits per heavy atom. The fourth-order valence-corrected chi connectivity index (χ4v) is 2.16. The van der Waals surface area contributed by atoms with Gasteiger partial charge in [-0.05, 0) is 35.9 Å². The highest BCUT2D eigenvalue weighted by Crippen LogP contribution is 2.33.